The lowest BCUT2D eigenvalue weighted by Crippen LogP contribution is -2.22. The Balaban J connectivity index is 1.79. The van der Waals surface area contributed by atoms with E-state index in [9.17, 15) is 0 Å². The van der Waals surface area contributed by atoms with Crippen LogP contribution in [0.25, 0.3) is 22.3 Å². The number of hydrogen-bond donors (Lipinski definition) is 0. The Kier molecular flexibility index (Phi) is 4.09. The monoisotopic (exact) mass is 320 g/mol. The van der Waals surface area contributed by atoms with E-state index in [0.717, 1.165) is 54.2 Å². The summed E-state index contributed by atoms with van der Waals surface area (Å²) in [5.74, 6) is 2.30. The Morgan fingerprint density at radius 2 is 2.08 bits per heavy atom. The number of nitrogens with zero attached hydrogens (tertiary/aromatic N) is 4. The third-order valence-electron chi connectivity index (χ3n) is 4.49. The summed E-state index contributed by atoms with van der Waals surface area (Å²) in [5, 5.41) is 1.10. The first-order valence-corrected chi connectivity index (χ1v) is 8.26. The second-order valence-corrected chi connectivity index (χ2v) is 6.19. The molecule has 0 bridgehead atoms. The molecule has 0 N–H and O–H groups in total. The largest absolute Gasteiger partial charge is 0.384 e. The summed E-state index contributed by atoms with van der Waals surface area (Å²) in [6, 6.07) is 12.1. The molecule has 0 spiro atoms. The van der Waals surface area contributed by atoms with Crippen molar-refractivity contribution in [2.24, 2.45) is 5.92 Å². The highest BCUT2D eigenvalue weighted by Crippen LogP contribution is 2.30. The van der Waals surface area contributed by atoms with Crippen LogP contribution >= 0.6 is 0 Å². The van der Waals surface area contributed by atoms with Crippen molar-refractivity contribution < 1.29 is 4.74 Å². The Hall–Kier alpha value is -2.53. The van der Waals surface area contributed by atoms with Gasteiger partial charge in [-0.1, -0.05) is 12.1 Å². The van der Waals surface area contributed by atoms with Crippen molar-refractivity contribution in [1.29, 1.82) is 0 Å². The van der Waals surface area contributed by atoms with E-state index in [0.29, 0.717) is 5.92 Å². The minimum atomic E-state index is 0.561. The number of anilines is 1. The van der Waals surface area contributed by atoms with Crippen LogP contribution in [0.4, 0.5) is 5.82 Å². The van der Waals surface area contributed by atoms with E-state index in [-0.39, 0.29) is 0 Å². The molecule has 1 aliphatic rings. The Morgan fingerprint density at radius 1 is 1.17 bits per heavy atom. The van der Waals surface area contributed by atoms with Crippen molar-refractivity contribution in [3.8, 4) is 11.4 Å². The third-order valence-corrected chi connectivity index (χ3v) is 4.49. The van der Waals surface area contributed by atoms with E-state index >= 15 is 0 Å². The molecule has 3 aromatic rings. The summed E-state index contributed by atoms with van der Waals surface area (Å²) in [6.45, 7) is 2.78. The van der Waals surface area contributed by atoms with E-state index in [4.69, 9.17) is 14.7 Å². The van der Waals surface area contributed by atoms with Gasteiger partial charge in [0, 0.05) is 49.5 Å². The topological polar surface area (TPSA) is 51.1 Å². The molecular formula is C19H20N4O. The molecule has 0 saturated carbocycles. The van der Waals surface area contributed by atoms with E-state index in [1.54, 1.807) is 13.3 Å². The molecule has 1 atom stereocenters. The summed E-state index contributed by atoms with van der Waals surface area (Å²) in [5.41, 5.74) is 1.91. The van der Waals surface area contributed by atoms with Crippen LogP contribution in [0.1, 0.15) is 6.42 Å². The Morgan fingerprint density at radius 3 is 2.92 bits per heavy atom. The standard InChI is InChI=1S/C19H20N4O/c1-24-13-14-8-10-23(12-14)19-16-6-2-3-7-17(16)21-18(22-19)15-5-4-9-20-11-15/h2-7,9,11,14H,8,10,12-13H2,1H3. The molecule has 1 aliphatic heterocycles. The maximum atomic E-state index is 5.32. The molecule has 0 radical (unpaired) electrons. The van der Waals surface area contributed by atoms with Crippen molar-refractivity contribution in [1.82, 2.24) is 15.0 Å². The van der Waals surface area contributed by atoms with Crippen LogP contribution in [0, 0.1) is 5.92 Å². The molecule has 0 aliphatic carbocycles. The van der Waals surface area contributed by atoms with Gasteiger partial charge in [0.15, 0.2) is 5.82 Å². The Bertz CT molecular complexity index is 837. The number of benzene rings is 1. The first-order chi connectivity index (χ1) is 11.8. The van der Waals surface area contributed by atoms with Crippen molar-refractivity contribution in [2.75, 3.05) is 31.7 Å². The highest BCUT2D eigenvalue weighted by molar-refractivity contribution is 5.91. The van der Waals surface area contributed by atoms with Gasteiger partial charge in [0.05, 0.1) is 12.1 Å². The van der Waals surface area contributed by atoms with Crippen LogP contribution in [0.15, 0.2) is 48.8 Å². The minimum absolute atomic E-state index is 0.561. The average molecular weight is 320 g/mol. The summed E-state index contributed by atoms with van der Waals surface area (Å²) < 4.78 is 5.32. The first-order valence-electron chi connectivity index (χ1n) is 8.26. The van der Waals surface area contributed by atoms with Gasteiger partial charge < -0.3 is 9.64 Å². The number of para-hydroxylation sites is 1. The van der Waals surface area contributed by atoms with Crippen LogP contribution in [-0.2, 0) is 4.74 Å². The van der Waals surface area contributed by atoms with Crippen LogP contribution in [-0.4, -0.2) is 41.8 Å². The quantitative estimate of drug-likeness (QED) is 0.739. The fourth-order valence-electron chi connectivity index (χ4n) is 3.32. The van der Waals surface area contributed by atoms with Crippen LogP contribution < -0.4 is 4.90 Å². The number of pyridine rings is 1. The van der Waals surface area contributed by atoms with Crippen molar-refractivity contribution >= 4 is 16.7 Å². The van der Waals surface area contributed by atoms with Gasteiger partial charge in [-0.25, -0.2) is 9.97 Å². The molecule has 1 aromatic carbocycles. The fraction of sp³-hybridized carbons (Fsp3) is 0.316. The smallest absolute Gasteiger partial charge is 0.163 e. The summed E-state index contributed by atoms with van der Waals surface area (Å²) >= 11 is 0. The summed E-state index contributed by atoms with van der Waals surface area (Å²) in [4.78, 5) is 16.2. The maximum absolute atomic E-state index is 5.32. The van der Waals surface area contributed by atoms with Gasteiger partial charge in [0.2, 0.25) is 0 Å². The zero-order valence-electron chi connectivity index (χ0n) is 13.7. The predicted molar refractivity (Wildman–Crippen MR) is 95.0 cm³/mol. The van der Waals surface area contributed by atoms with Crippen LogP contribution in [0.2, 0.25) is 0 Å². The van der Waals surface area contributed by atoms with Gasteiger partial charge in [-0.15, -0.1) is 0 Å². The molecule has 1 unspecified atom stereocenters. The third kappa shape index (κ3) is 2.83. The highest BCUT2D eigenvalue weighted by Gasteiger charge is 2.25. The fourth-order valence-corrected chi connectivity index (χ4v) is 3.32. The predicted octanol–water partition coefficient (Wildman–Crippen LogP) is 3.16. The SMILES string of the molecule is COCC1CCN(c2nc(-c3cccnc3)nc3ccccc23)C1. The summed E-state index contributed by atoms with van der Waals surface area (Å²) in [7, 11) is 1.77. The number of ether oxygens (including phenoxy) is 1. The molecule has 122 valence electrons. The minimum Gasteiger partial charge on any atom is -0.384 e. The van der Waals surface area contributed by atoms with Gasteiger partial charge in [-0.05, 0) is 30.7 Å². The molecule has 3 heterocycles. The second kappa shape index (κ2) is 6.53. The maximum Gasteiger partial charge on any atom is 0.163 e. The van der Waals surface area contributed by atoms with Crippen molar-refractivity contribution in [3.05, 3.63) is 48.8 Å². The zero-order valence-corrected chi connectivity index (χ0v) is 13.7. The van der Waals surface area contributed by atoms with E-state index in [1.807, 2.05) is 36.5 Å². The van der Waals surface area contributed by atoms with Crippen molar-refractivity contribution in [3.63, 3.8) is 0 Å². The van der Waals surface area contributed by atoms with Gasteiger partial charge in [-0.2, -0.15) is 0 Å². The Labute approximate surface area is 141 Å². The lowest BCUT2D eigenvalue weighted by atomic mass is 10.1. The molecule has 1 fully saturated rings. The molecule has 24 heavy (non-hydrogen) atoms. The van der Waals surface area contributed by atoms with Gasteiger partial charge >= 0.3 is 0 Å². The van der Waals surface area contributed by atoms with Gasteiger partial charge in [-0.3, -0.25) is 4.98 Å². The molecule has 5 nitrogen and oxygen atoms in total. The first kappa shape index (κ1) is 15.0. The van der Waals surface area contributed by atoms with Crippen molar-refractivity contribution in [2.45, 2.75) is 6.42 Å². The number of rotatable bonds is 4. The number of fused-ring (bicyclic) bond motifs is 1. The molecule has 1 saturated heterocycles. The lowest BCUT2D eigenvalue weighted by molar-refractivity contribution is 0.161. The van der Waals surface area contributed by atoms with Crippen LogP contribution in [0.3, 0.4) is 0 Å². The van der Waals surface area contributed by atoms with E-state index in [2.05, 4.69) is 16.0 Å². The number of aromatic nitrogens is 3. The van der Waals surface area contributed by atoms with Crippen LogP contribution in [0.5, 0.6) is 0 Å². The lowest BCUT2D eigenvalue weighted by Gasteiger charge is -2.20. The summed E-state index contributed by atoms with van der Waals surface area (Å²) in [6.07, 6.45) is 4.71. The molecule has 2 aromatic heterocycles. The van der Waals surface area contributed by atoms with Gasteiger partial charge in [0.1, 0.15) is 5.82 Å². The molecule has 4 rings (SSSR count). The highest BCUT2D eigenvalue weighted by atomic mass is 16.5. The van der Waals surface area contributed by atoms with E-state index in [1.165, 1.54) is 0 Å². The van der Waals surface area contributed by atoms with E-state index < -0.39 is 0 Å². The number of methoxy groups -OCH3 is 1. The second-order valence-electron chi connectivity index (χ2n) is 6.19. The molecule has 5 heteroatoms. The average Bonchev–Trinajstić information content (AvgIpc) is 3.10. The normalized spacial score (nSPS) is 17.5. The van der Waals surface area contributed by atoms with Gasteiger partial charge in [0.25, 0.3) is 0 Å². The molecule has 0 amide bonds. The zero-order chi connectivity index (χ0) is 16.4. The molecular weight excluding hydrogens is 300 g/mol. The number of hydrogen-bond acceptors (Lipinski definition) is 5.